The van der Waals surface area contributed by atoms with Crippen LogP contribution in [0.2, 0.25) is 0 Å². The normalized spacial score (nSPS) is 17.7. The van der Waals surface area contributed by atoms with Gasteiger partial charge in [-0.3, -0.25) is 0 Å². The van der Waals surface area contributed by atoms with Crippen molar-refractivity contribution in [1.29, 1.82) is 0 Å². The molecule has 1 aliphatic rings. The Hall–Kier alpha value is -1.62. The number of rotatable bonds is 4. The molecule has 0 atom stereocenters. The van der Waals surface area contributed by atoms with E-state index in [1.807, 2.05) is 22.8 Å². The lowest BCUT2D eigenvalue weighted by Crippen LogP contribution is -2.34. The summed E-state index contributed by atoms with van der Waals surface area (Å²) in [6.45, 7) is 5.81. The monoisotopic (exact) mass is 274 g/mol. The molecule has 2 aromatic heterocycles. The van der Waals surface area contributed by atoms with E-state index >= 15 is 0 Å². The molecule has 3 rings (SSSR count). The van der Waals surface area contributed by atoms with Crippen molar-refractivity contribution in [3.63, 3.8) is 0 Å². The molecule has 0 radical (unpaired) electrons. The summed E-state index contributed by atoms with van der Waals surface area (Å²) >= 11 is 0. The molecule has 1 aliphatic heterocycles. The van der Waals surface area contributed by atoms with Gasteiger partial charge < -0.3 is 9.64 Å². The van der Waals surface area contributed by atoms with Crippen LogP contribution in [-0.4, -0.2) is 46.2 Å². The van der Waals surface area contributed by atoms with Gasteiger partial charge in [-0.1, -0.05) is 6.92 Å². The summed E-state index contributed by atoms with van der Waals surface area (Å²) in [6, 6.07) is 3.86. The topological polar surface area (TPSA) is 42.7 Å². The number of aromatic nitrogens is 3. The van der Waals surface area contributed by atoms with Gasteiger partial charge in [0.15, 0.2) is 17.2 Å². The summed E-state index contributed by atoms with van der Waals surface area (Å²) in [4.78, 5) is 7.14. The lowest BCUT2D eigenvalue weighted by Gasteiger charge is -2.30. The predicted molar refractivity (Wildman–Crippen MR) is 78.1 cm³/mol. The molecule has 1 fully saturated rings. The second-order valence-electron chi connectivity index (χ2n) is 5.45. The summed E-state index contributed by atoms with van der Waals surface area (Å²) in [5.74, 6) is 2.43. The van der Waals surface area contributed by atoms with Gasteiger partial charge in [-0.05, 0) is 50.5 Å². The SMILES string of the molecule is CCN1CCC(Cc2nc3c(OC)cccn3n2)CC1. The van der Waals surface area contributed by atoms with Gasteiger partial charge in [-0.25, -0.2) is 9.50 Å². The van der Waals surface area contributed by atoms with Crippen molar-refractivity contribution in [3.05, 3.63) is 24.2 Å². The molecule has 0 unspecified atom stereocenters. The highest BCUT2D eigenvalue weighted by molar-refractivity contribution is 5.52. The highest BCUT2D eigenvalue weighted by Crippen LogP contribution is 2.22. The Balaban J connectivity index is 1.72. The van der Waals surface area contributed by atoms with Crippen LogP contribution in [0.15, 0.2) is 18.3 Å². The van der Waals surface area contributed by atoms with Gasteiger partial charge in [0.25, 0.3) is 0 Å². The number of likely N-dealkylation sites (tertiary alicyclic amines) is 1. The first-order valence-corrected chi connectivity index (χ1v) is 7.40. The lowest BCUT2D eigenvalue weighted by atomic mass is 9.93. The summed E-state index contributed by atoms with van der Waals surface area (Å²) in [7, 11) is 1.67. The Morgan fingerprint density at radius 3 is 2.85 bits per heavy atom. The summed E-state index contributed by atoms with van der Waals surface area (Å²) < 4.78 is 7.14. The molecule has 5 heteroatoms. The van der Waals surface area contributed by atoms with Crippen molar-refractivity contribution in [1.82, 2.24) is 19.5 Å². The molecule has 0 aromatic carbocycles. The van der Waals surface area contributed by atoms with Crippen LogP contribution in [0.25, 0.3) is 5.65 Å². The molecule has 0 N–H and O–H groups in total. The lowest BCUT2D eigenvalue weighted by molar-refractivity contribution is 0.191. The maximum Gasteiger partial charge on any atom is 0.198 e. The molecular weight excluding hydrogens is 252 g/mol. The minimum atomic E-state index is 0.709. The van der Waals surface area contributed by atoms with E-state index in [0.717, 1.165) is 30.2 Å². The summed E-state index contributed by atoms with van der Waals surface area (Å²) in [5, 5.41) is 4.57. The number of nitrogens with zero attached hydrogens (tertiary/aromatic N) is 4. The molecule has 0 bridgehead atoms. The molecule has 3 heterocycles. The largest absolute Gasteiger partial charge is 0.493 e. The van der Waals surface area contributed by atoms with Crippen LogP contribution >= 0.6 is 0 Å². The second kappa shape index (κ2) is 5.79. The smallest absolute Gasteiger partial charge is 0.198 e. The first-order valence-electron chi connectivity index (χ1n) is 7.40. The van der Waals surface area contributed by atoms with Crippen LogP contribution in [-0.2, 0) is 6.42 Å². The fourth-order valence-electron chi connectivity index (χ4n) is 2.94. The average Bonchev–Trinajstić information content (AvgIpc) is 2.90. The van der Waals surface area contributed by atoms with Gasteiger partial charge >= 0.3 is 0 Å². The van der Waals surface area contributed by atoms with Gasteiger partial charge in [0.1, 0.15) is 0 Å². The van der Waals surface area contributed by atoms with E-state index in [4.69, 9.17) is 4.74 Å². The molecule has 108 valence electrons. The van der Waals surface area contributed by atoms with Crippen molar-refractivity contribution >= 4 is 5.65 Å². The first-order chi connectivity index (χ1) is 9.80. The Morgan fingerprint density at radius 2 is 2.15 bits per heavy atom. The number of methoxy groups -OCH3 is 1. The molecule has 2 aromatic rings. The summed E-state index contributed by atoms with van der Waals surface area (Å²) in [5.41, 5.74) is 0.816. The standard InChI is InChI=1S/C15H22N4O/c1-3-18-9-6-12(7-10-18)11-14-16-15-13(20-2)5-4-8-19(15)17-14/h4-5,8,12H,3,6-7,9-11H2,1-2H3. The summed E-state index contributed by atoms with van der Waals surface area (Å²) in [6.07, 6.45) is 5.40. The van der Waals surface area contributed by atoms with E-state index in [1.165, 1.54) is 25.9 Å². The third-order valence-corrected chi connectivity index (χ3v) is 4.22. The van der Waals surface area contributed by atoms with Gasteiger partial charge in [0.05, 0.1) is 7.11 Å². The average molecular weight is 274 g/mol. The van der Waals surface area contributed by atoms with Gasteiger partial charge in [0, 0.05) is 12.6 Å². The Labute approximate surface area is 119 Å². The van der Waals surface area contributed by atoms with E-state index in [0.29, 0.717) is 5.92 Å². The van der Waals surface area contributed by atoms with Crippen molar-refractivity contribution < 1.29 is 4.74 Å². The Bertz CT molecular complexity index is 572. The van der Waals surface area contributed by atoms with Crippen LogP contribution < -0.4 is 4.74 Å². The van der Waals surface area contributed by atoms with Crippen molar-refractivity contribution in [2.75, 3.05) is 26.7 Å². The van der Waals surface area contributed by atoms with Crippen molar-refractivity contribution in [3.8, 4) is 5.75 Å². The fraction of sp³-hybridized carbons (Fsp3) is 0.600. The molecule has 0 spiro atoms. The fourth-order valence-corrected chi connectivity index (χ4v) is 2.94. The number of hydrogen-bond acceptors (Lipinski definition) is 4. The van der Waals surface area contributed by atoms with Crippen LogP contribution in [0.3, 0.4) is 0 Å². The molecule has 0 amide bonds. The predicted octanol–water partition coefficient (Wildman–Crippen LogP) is 2.01. The molecule has 5 nitrogen and oxygen atoms in total. The zero-order valence-electron chi connectivity index (χ0n) is 12.2. The minimum Gasteiger partial charge on any atom is -0.493 e. The van der Waals surface area contributed by atoms with Crippen LogP contribution in [0, 0.1) is 5.92 Å². The Kier molecular flexibility index (Phi) is 3.87. The van der Waals surface area contributed by atoms with Crippen LogP contribution in [0.4, 0.5) is 0 Å². The zero-order valence-corrected chi connectivity index (χ0v) is 12.2. The van der Waals surface area contributed by atoms with Crippen molar-refractivity contribution in [2.24, 2.45) is 5.92 Å². The maximum absolute atomic E-state index is 5.33. The number of hydrogen-bond donors (Lipinski definition) is 0. The van der Waals surface area contributed by atoms with Crippen LogP contribution in [0.1, 0.15) is 25.6 Å². The molecule has 1 saturated heterocycles. The van der Waals surface area contributed by atoms with E-state index < -0.39 is 0 Å². The highest BCUT2D eigenvalue weighted by atomic mass is 16.5. The van der Waals surface area contributed by atoms with Gasteiger partial charge in [-0.15, -0.1) is 0 Å². The van der Waals surface area contributed by atoms with E-state index in [2.05, 4.69) is 21.9 Å². The minimum absolute atomic E-state index is 0.709. The molecule has 20 heavy (non-hydrogen) atoms. The number of piperidine rings is 1. The first kappa shape index (κ1) is 13.4. The highest BCUT2D eigenvalue weighted by Gasteiger charge is 2.20. The molecule has 0 aliphatic carbocycles. The van der Waals surface area contributed by atoms with Crippen LogP contribution in [0.5, 0.6) is 5.75 Å². The quantitative estimate of drug-likeness (QED) is 0.855. The van der Waals surface area contributed by atoms with E-state index in [9.17, 15) is 0 Å². The third-order valence-electron chi connectivity index (χ3n) is 4.22. The zero-order chi connectivity index (χ0) is 13.9. The Morgan fingerprint density at radius 1 is 1.35 bits per heavy atom. The molecule has 0 saturated carbocycles. The van der Waals surface area contributed by atoms with Crippen molar-refractivity contribution in [2.45, 2.75) is 26.2 Å². The molecular formula is C15H22N4O. The van der Waals surface area contributed by atoms with Gasteiger partial charge in [-0.2, -0.15) is 5.10 Å². The van der Waals surface area contributed by atoms with Gasteiger partial charge in [0.2, 0.25) is 0 Å². The third kappa shape index (κ3) is 2.63. The maximum atomic E-state index is 5.33. The number of pyridine rings is 1. The second-order valence-corrected chi connectivity index (χ2v) is 5.45. The number of fused-ring (bicyclic) bond motifs is 1. The number of ether oxygens (including phenoxy) is 1. The van der Waals surface area contributed by atoms with E-state index in [-0.39, 0.29) is 0 Å². The van der Waals surface area contributed by atoms with E-state index in [1.54, 1.807) is 7.11 Å².